The van der Waals surface area contributed by atoms with Crippen LogP contribution in [0.3, 0.4) is 0 Å². The molecule has 30 heavy (non-hydrogen) atoms. The zero-order valence-corrected chi connectivity index (χ0v) is 16.8. The van der Waals surface area contributed by atoms with Crippen LogP contribution in [0, 0.1) is 10.1 Å². The Morgan fingerprint density at radius 2 is 1.50 bits per heavy atom. The average Bonchev–Trinajstić information content (AvgIpc) is 3.18. The van der Waals surface area contributed by atoms with E-state index in [9.17, 15) is 10.1 Å². The monoisotopic (exact) mass is 402 g/mol. The van der Waals surface area contributed by atoms with Crippen LogP contribution in [0.5, 0.6) is 11.5 Å². The van der Waals surface area contributed by atoms with Crippen molar-refractivity contribution in [2.24, 2.45) is 0 Å². The van der Waals surface area contributed by atoms with Gasteiger partial charge in [0.15, 0.2) is 0 Å². The molecule has 0 fully saturated rings. The molecular weight excluding hydrogens is 380 g/mol. The smallest absolute Gasteiger partial charge is 0.208 e. The van der Waals surface area contributed by atoms with Crippen molar-refractivity contribution in [2.75, 3.05) is 20.8 Å². The van der Waals surface area contributed by atoms with Gasteiger partial charge in [0, 0.05) is 28.5 Å². The summed E-state index contributed by atoms with van der Waals surface area (Å²) in [6.45, 7) is -0.182. The first kappa shape index (κ1) is 19.5. The maximum absolute atomic E-state index is 11.1. The Labute approximate surface area is 174 Å². The summed E-state index contributed by atoms with van der Waals surface area (Å²) in [5.74, 6) is 1.23. The van der Waals surface area contributed by atoms with Crippen LogP contribution in [0.25, 0.3) is 33.3 Å². The molecule has 0 spiro atoms. The summed E-state index contributed by atoms with van der Waals surface area (Å²) in [7, 11) is 3.18. The number of rotatable bonds is 7. The van der Waals surface area contributed by atoms with Crippen molar-refractivity contribution >= 4 is 10.9 Å². The van der Waals surface area contributed by atoms with E-state index < -0.39 is 0 Å². The predicted molar refractivity (Wildman–Crippen MR) is 118 cm³/mol. The van der Waals surface area contributed by atoms with Gasteiger partial charge in [-0.05, 0) is 11.1 Å². The largest absolute Gasteiger partial charge is 0.496 e. The van der Waals surface area contributed by atoms with E-state index in [1.165, 1.54) is 0 Å². The van der Waals surface area contributed by atoms with Crippen LogP contribution in [0.1, 0.15) is 5.56 Å². The lowest BCUT2D eigenvalue weighted by Gasteiger charge is -2.13. The maximum atomic E-state index is 11.1. The second-order valence-corrected chi connectivity index (χ2v) is 6.92. The molecule has 152 valence electrons. The molecule has 0 bridgehead atoms. The summed E-state index contributed by atoms with van der Waals surface area (Å²) < 4.78 is 11.3. The lowest BCUT2D eigenvalue weighted by atomic mass is 9.96. The Morgan fingerprint density at radius 1 is 0.900 bits per heavy atom. The van der Waals surface area contributed by atoms with Gasteiger partial charge in [-0.2, -0.15) is 0 Å². The van der Waals surface area contributed by atoms with E-state index in [0.717, 1.165) is 38.9 Å². The second kappa shape index (κ2) is 8.29. The van der Waals surface area contributed by atoms with Crippen LogP contribution < -0.4 is 9.47 Å². The molecule has 1 aromatic heterocycles. The highest BCUT2D eigenvalue weighted by Gasteiger charge is 2.24. The average molecular weight is 402 g/mol. The molecule has 0 aliphatic rings. The molecule has 0 radical (unpaired) electrons. The van der Waals surface area contributed by atoms with Crippen molar-refractivity contribution in [3.05, 3.63) is 82.4 Å². The Hall–Kier alpha value is -3.80. The van der Waals surface area contributed by atoms with Crippen molar-refractivity contribution in [1.29, 1.82) is 0 Å². The summed E-state index contributed by atoms with van der Waals surface area (Å²) in [5, 5.41) is 12.0. The lowest BCUT2D eigenvalue weighted by Crippen LogP contribution is -2.06. The number of fused-ring (bicyclic) bond motifs is 1. The number of nitrogens with one attached hydrogen (secondary N) is 1. The van der Waals surface area contributed by atoms with Gasteiger partial charge >= 0.3 is 0 Å². The van der Waals surface area contributed by atoms with Crippen molar-refractivity contribution < 1.29 is 14.4 Å². The van der Waals surface area contributed by atoms with Gasteiger partial charge in [0.1, 0.15) is 11.5 Å². The third-order valence-electron chi connectivity index (χ3n) is 5.22. The Balaban J connectivity index is 2.10. The predicted octanol–water partition coefficient (Wildman–Crippen LogP) is 5.34. The molecule has 0 atom stereocenters. The fourth-order valence-corrected chi connectivity index (χ4v) is 3.88. The highest BCUT2D eigenvalue weighted by atomic mass is 16.6. The highest BCUT2D eigenvalue weighted by molar-refractivity contribution is 6.08. The van der Waals surface area contributed by atoms with Gasteiger partial charge in [-0.15, -0.1) is 0 Å². The maximum Gasteiger partial charge on any atom is 0.208 e. The molecule has 0 aliphatic heterocycles. The van der Waals surface area contributed by atoms with E-state index in [-0.39, 0.29) is 17.9 Å². The second-order valence-electron chi connectivity index (χ2n) is 6.92. The molecule has 3 aromatic carbocycles. The topological polar surface area (TPSA) is 77.4 Å². The molecular formula is C24H22N2O4. The molecule has 4 aromatic rings. The Morgan fingerprint density at radius 3 is 2.07 bits per heavy atom. The minimum absolute atomic E-state index is 0.182. The first-order valence-electron chi connectivity index (χ1n) is 9.66. The number of aromatic amines is 1. The minimum atomic E-state index is -0.311. The van der Waals surface area contributed by atoms with Crippen LogP contribution in [0.4, 0.5) is 0 Å². The SMILES string of the molecule is COc1cc(OC)c2c(-c3ccccc3)c(-c3ccccc3)[nH]c2c1CC[N+](=O)[O-]. The molecule has 0 aliphatic carbocycles. The fraction of sp³-hybridized carbons (Fsp3) is 0.167. The van der Waals surface area contributed by atoms with Crippen LogP contribution >= 0.6 is 0 Å². The molecule has 1 N–H and O–H groups in total. The summed E-state index contributed by atoms with van der Waals surface area (Å²) in [6, 6.07) is 21.9. The number of hydrogen-bond acceptors (Lipinski definition) is 4. The normalized spacial score (nSPS) is 10.9. The molecule has 1 heterocycles. The van der Waals surface area contributed by atoms with E-state index in [2.05, 4.69) is 17.1 Å². The standard InChI is InChI=1S/C24H22N2O4/c1-29-19-15-20(30-2)22-21(16-9-5-3-6-10-16)23(17-11-7-4-8-12-17)25-24(22)18(19)13-14-26(27)28/h3-12,15,25H,13-14H2,1-2H3. The Kier molecular flexibility index (Phi) is 5.39. The van der Waals surface area contributed by atoms with Crippen molar-refractivity contribution in [2.45, 2.75) is 6.42 Å². The van der Waals surface area contributed by atoms with Gasteiger partial charge in [0.2, 0.25) is 6.54 Å². The molecule has 4 rings (SSSR count). The molecule has 6 nitrogen and oxygen atoms in total. The zero-order valence-electron chi connectivity index (χ0n) is 16.8. The first-order valence-corrected chi connectivity index (χ1v) is 9.66. The third-order valence-corrected chi connectivity index (χ3v) is 5.22. The minimum Gasteiger partial charge on any atom is -0.496 e. The molecule has 0 saturated carbocycles. The third kappa shape index (κ3) is 3.48. The van der Waals surface area contributed by atoms with Crippen LogP contribution in [-0.2, 0) is 6.42 Å². The molecule has 0 amide bonds. The van der Waals surface area contributed by atoms with E-state index in [0.29, 0.717) is 11.5 Å². The van der Waals surface area contributed by atoms with Gasteiger partial charge < -0.3 is 14.5 Å². The number of nitro groups is 1. The van der Waals surface area contributed by atoms with Crippen LogP contribution in [0.15, 0.2) is 66.7 Å². The van der Waals surface area contributed by atoms with Crippen molar-refractivity contribution in [1.82, 2.24) is 4.98 Å². The number of ether oxygens (including phenoxy) is 2. The zero-order chi connectivity index (χ0) is 21.1. The van der Waals surface area contributed by atoms with Crippen LogP contribution in [-0.4, -0.2) is 30.7 Å². The van der Waals surface area contributed by atoms with Gasteiger partial charge in [-0.1, -0.05) is 60.7 Å². The summed E-state index contributed by atoms with van der Waals surface area (Å²) >= 11 is 0. The van der Waals surface area contributed by atoms with Crippen molar-refractivity contribution in [3.8, 4) is 33.9 Å². The number of H-pyrrole nitrogens is 1. The highest BCUT2D eigenvalue weighted by Crippen LogP contribution is 2.46. The van der Waals surface area contributed by atoms with Gasteiger partial charge in [-0.25, -0.2) is 0 Å². The van der Waals surface area contributed by atoms with E-state index >= 15 is 0 Å². The summed E-state index contributed by atoms with van der Waals surface area (Å²) in [4.78, 5) is 14.3. The summed E-state index contributed by atoms with van der Waals surface area (Å²) in [5.41, 5.74) is 5.56. The number of aromatic nitrogens is 1. The number of hydrogen-bond donors (Lipinski definition) is 1. The molecule has 0 unspecified atom stereocenters. The van der Waals surface area contributed by atoms with E-state index in [1.807, 2.05) is 54.6 Å². The lowest BCUT2D eigenvalue weighted by molar-refractivity contribution is -0.479. The van der Waals surface area contributed by atoms with E-state index in [4.69, 9.17) is 9.47 Å². The number of nitrogens with zero attached hydrogens (tertiary/aromatic N) is 1. The molecule has 6 heteroatoms. The Bertz CT molecular complexity index is 1180. The van der Waals surface area contributed by atoms with Crippen molar-refractivity contribution in [3.63, 3.8) is 0 Å². The molecule has 0 saturated heterocycles. The quantitative estimate of drug-likeness (QED) is 0.334. The number of benzene rings is 3. The van der Waals surface area contributed by atoms with Gasteiger partial charge in [-0.3, -0.25) is 10.1 Å². The number of methoxy groups -OCH3 is 2. The van der Waals surface area contributed by atoms with E-state index in [1.54, 1.807) is 14.2 Å². The first-order chi connectivity index (χ1) is 14.6. The van der Waals surface area contributed by atoms with Crippen LogP contribution in [0.2, 0.25) is 0 Å². The fourth-order valence-electron chi connectivity index (χ4n) is 3.88. The van der Waals surface area contributed by atoms with Gasteiger partial charge in [0.25, 0.3) is 0 Å². The summed E-state index contributed by atoms with van der Waals surface area (Å²) in [6.07, 6.45) is 0.250. The van der Waals surface area contributed by atoms with Gasteiger partial charge in [0.05, 0.1) is 30.8 Å².